The lowest BCUT2D eigenvalue weighted by Crippen LogP contribution is -2.43. The van der Waals surface area contributed by atoms with Gasteiger partial charge >= 0.3 is 0 Å². The lowest BCUT2D eigenvalue weighted by Gasteiger charge is -2.31. The minimum absolute atomic E-state index is 0.494. The molecule has 2 N–H and O–H groups in total. The summed E-state index contributed by atoms with van der Waals surface area (Å²) in [6.07, 6.45) is 7.02. The Bertz CT molecular complexity index is 258. The predicted octanol–water partition coefficient (Wildman–Crippen LogP) is 1.19. The smallest absolute Gasteiger partial charge is 0.191 e. The van der Waals surface area contributed by atoms with Crippen molar-refractivity contribution in [2.24, 2.45) is 4.99 Å². The zero-order chi connectivity index (χ0) is 12.1. The van der Waals surface area contributed by atoms with Gasteiger partial charge in [0, 0.05) is 25.2 Å². The average molecular weight is 238 g/mol. The molecule has 1 fully saturated rings. The van der Waals surface area contributed by atoms with Crippen LogP contribution >= 0.6 is 0 Å². The van der Waals surface area contributed by atoms with Gasteiger partial charge < -0.3 is 15.5 Å². The third-order valence-corrected chi connectivity index (χ3v) is 3.86. The van der Waals surface area contributed by atoms with E-state index in [1.54, 1.807) is 0 Å². The summed E-state index contributed by atoms with van der Waals surface area (Å²) in [5.41, 5.74) is 0. The maximum Gasteiger partial charge on any atom is 0.191 e. The predicted molar refractivity (Wildman–Crippen MR) is 72.4 cm³/mol. The SMILES string of the molecule is CC1CN=C(NCCN(C)C2CCCCC2)N1. The van der Waals surface area contributed by atoms with E-state index in [9.17, 15) is 0 Å². The quantitative estimate of drug-likeness (QED) is 0.773. The van der Waals surface area contributed by atoms with Gasteiger partial charge in [-0.15, -0.1) is 0 Å². The van der Waals surface area contributed by atoms with Crippen molar-refractivity contribution in [3.63, 3.8) is 0 Å². The molecule has 1 aliphatic heterocycles. The molecule has 0 bridgehead atoms. The number of guanidine groups is 1. The third-order valence-electron chi connectivity index (χ3n) is 3.86. The van der Waals surface area contributed by atoms with E-state index in [4.69, 9.17) is 0 Å². The van der Waals surface area contributed by atoms with Crippen molar-refractivity contribution in [3.8, 4) is 0 Å². The molecule has 0 aromatic rings. The molecule has 0 aromatic heterocycles. The standard InChI is InChI=1S/C13H26N4/c1-11-10-15-13(16-11)14-8-9-17(2)12-6-4-3-5-7-12/h11-12H,3-10H2,1-2H3,(H2,14,15,16). The van der Waals surface area contributed by atoms with Crippen LogP contribution in [0.25, 0.3) is 0 Å². The highest BCUT2D eigenvalue weighted by Crippen LogP contribution is 2.21. The van der Waals surface area contributed by atoms with Crippen molar-refractivity contribution in [2.75, 3.05) is 26.7 Å². The molecule has 0 saturated heterocycles. The van der Waals surface area contributed by atoms with Gasteiger partial charge in [-0.1, -0.05) is 19.3 Å². The van der Waals surface area contributed by atoms with Crippen LogP contribution < -0.4 is 10.6 Å². The highest BCUT2D eigenvalue weighted by molar-refractivity contribution is 5.81. The normalized spacial score (nSPS) is 25.8. The molecule has 0 aromatic carbocycles. The molecule has 2 rings (SSSR count). The molecule has 0 radical (unpaired) electrons. The van der Waals surface area contributed by atoms with Crippen molar-refractivity contribution in [1.29, 1.82) is 0 Å². The summed E-state index contributed by atoms with van der Waals surface area (Å²) in [6, 6.07) is 1.30. The maximum atomic E-state index is 4.40. The van der Waals surface area contributed by atoms with Gasteiger partial charge in [-0.2, -0.15) is 0 Å². The van der Waals surface area contributed by atoms with Crippen LogP contribution in [0.3, 0.4) is 0 Å². The highest BCUT2D eigenvalue weighted by atomic mass is 15.2. The van der Waals surface area contributed by atoms with Crippen molar-refractivity contribution in [2.45, 2.75) is 51.1 Å². The fourth-order valence-electron chi connectivity index (χ4n) is 2.71. The molecule has 1 atom stereocenters. The van der Waals surface area contributed by atoms with Gasteiger partial charge in [-0.05, 0) is 26.8 Å². The van der Waals surface area contributed by atoms with Crippen LogP contribution in [0.1, 0.15) is 39.0 Å². The lowest BCUT2D eigenvalue weighted by atomic mass is 9.94. The number of hydrogen-bond acceptors (Lipinski definition) is 4. The Kier molecular flexibility index (Phi) is 4.66. The largest absolute Gasteiger partial charge is 0.355 e. The summed E-state index contributed by atoms with van der Waals surface area (Å²) >= 11 is 0. The molecule has 0 spiro atoms. The molecule has 0 amide bonds. The average Bonchev–Trinajstić information content (AvgIpc) is 2.76. The molecule has 1 saturated carbocycles. The van der Waals surface area contributed by atoms with Gasteiger partial charge in [-0.25, -0.2) is 0 Å². The zero-order valence-electron chi connectivity index (χ0n) is 11.2. The summed E-state index contributed by atoms with van der Waals surface area (Å²) in [5.74, 6) is 0.981. The van der Waals surface area contributed by atoms with Crippen LogP contribution in [0.5, 0.6) is 0 Å². The second kappa shape index (κ2) is 6.24. The van der Waals surface area contributed by atoms with E-state index < -0.39 is 0 Å². The Hall–Kier alpha value is -0.770. The van der Waals surface area contributed by atoms with Crippen molar-refractivity contribution in [1.82, 2.24) is 15.5 Å². The minimum Gasteiger partial charge on any atom is -0.355 e. The van der Waals surface area contributed by atoms with E-state index in [1.807, 2.05) is 0 Å². The number of rotatable bonds is 4. The first-order chi connectivity index (χ1) is 8.25. The van der Waals surface area contributed by atoms with E-state index in [0.29, 0.717) is 6.04 Å². The summed E-state index contributed by atoms with van der Waals surface area (Å²) in [6.45, 7) is 5.17. The van der Waals surface area contributed by atoms with Crippen molar-refractivity contribution >= 4 is 5.96 Å². The molecular weight excluding hydrogens is 212 g/mol. The fourth-order valence-corrected chi connectivity index (χ4v) is 2.71. The van der Waals surface area contributed by atoms with E-state index >= 15 is 0 Å². The van der Waals surface area contributed by atoms with E-state index in [-0.39, 0.29) is 0 Å². The van der Waals surface area contributed by atoms with Crippen LogP contribution in [-0.4, -0.2) is 49.6 Å². The van der Waals surface area contributed by atoms with E-state index in [0.717, 1.165) is 31.6 Å². The molecule has 4 heteroatoms. The van der Waals surface area contributed by atoms with Crippen LogP contribution in [0.2, 0.25) is 0 Å². The monoisotopic (exact) mass is 238 g/mol. The van der Waals surface area contributed by atoms with Crippen LogP contribution in [0, 0.1) is 0 Å². The lowest BCUT2D eigenvalue weighted by molar-refractivity contribution is 0.194. The van der Waals surface area contributed by atoms with Gasteiger partial charge in [0.1, 0.15) is 0 Å². The zero-order valence-corrected chi connectivity index (χ0v) is 11.2. The molecule has 1 unspecified atom stereocenters. The first-order valence-electron chi connectivity index (χ1n) is 7.01. The van der Waals surface area contributed by atoms with Gasteiger partial charge in [0.15, 0.2) is 5.96 Å². The third kappa shape index (κ3) is 3.87. The molecule has 1 aliphatic carbocycles. The number of nitrogens with zero attached hydrogens (tertiary/aromatic N) is 2. The summed E-state index contributed by atoms with van der Waals surface area (Å²) < 4.78 is 0. The Labute approximate surface area is 105 Å². The molecule has 4 nitrogen and oxygen atoms in total. The summed E-state index contributed by atoms with van der Waals surface area (Å²) in [4.78, 5) is 6.91. The Balaban J connectivity index is 1.61. The Morgan fingerprint density at radius 2 is 2.12 bits per heavy atom. The Morgan fingerprint density at radius 3 is 2.76 bits per heavy atom. The topological polar surface area (TPSA) is 39.7 Å². The second-order valence-corrected chi connectivity index (χ2v) is 5.43. The molecule has 98 valence electrons. The number of nitrogens with one attached hydrogen (secondary N) is 2. The molecule has 1 heterocycles. The van der Waals surface area contributed by atoms with Gasteiger partial charge in [0.25, 0.3) is 0 Å². The van der Waals surface area contributed by atoms with Crippen molar-refractivity contribution in [3.05, 3.63) is 0 Å². The van der Waals surface area contributed by atoms with Crippen molar-refractivity contribution < 1.29 is 0 Å². The summed E-state index contributed by atoms with van der Waals surface area (Å²) in [7, 11) is 2.25. The molecule has 2 aliphatic rings. The Morgan fingerprint density at radius 1 is 1.35 bits per heavy atom. The number of likely N-dealkylation sites (N-methyl/N-ethyl adjacent to an activating group) is 1. The maximum absolute atomic E-state index is 4.40. The molecular formula is C13H26N4. The number of aliphatic imine (C=N–C) groups is 1. The number of hydrogen-bond donors (Lipinski definition) is 2. The first-order valence-corrected chi connectivity index (χ1v) is 7.01. The van der Waals surface area contributed by atoms with Crippen LogP contribution in [-0.2, 0) is 0 Å². The van der Waals surface area contributed by atoms with Gasteiger partial charge in [0.2, 0.25) is 0 Å². The second-order valence-electron chi connectivity index (χ2n) is 5.43. The van der Waals surface area contributed by atoms with Gasteiger partial charge in [0.05, 0.1) is 6.54 Å². The fraction of sp³-hybridized carbons (Fsp3) is 0.923. The van der Waals surface area contributed by atoms with Crippen LogP contribution in [0.15, 0.2) is 4.99 Å². The van der Waals surface area contributed by atoms with Gasteiger partial charge in [-0.3, -0.25) is 4.99 Å². The minimum atomic E-state index is 0.494. The van der Waals surface area contributed by atoms with E-state index in [1.165, 1.54) is 32.1 Å². The summed E-state index contributed by atoms with van der Waals surface area (Å²) in [5, 5.41) is 6.71. The van der Waals surface area contributed by atoms with Crippen LogP contribution in [0.4, 0.5) is 0 Å². The highest BCUT2D eigenvalue weighted by Gasteiger charge is 2.18. The first kappa shape index (κ1) is 12.7. The molecule has 17 heavy (non-hydrogen) atoms. The van der Waals surface area contributed by atoms with E-state index in [2.05, 4.69) is 34.5 Å².